The first kappa shape index (κ1) is 13.7. The first-order chi connectivity index (χ1) is 11.2. The van der Waals surface area contributed by atoms with Crippen molar-refractivity contribution >= 4 is 46.4 Å². The van der Waals surface area contributed by atoms with Crippen LogP contribution in [0.15, 0.2) is 45.8 Å². The first-order valence-corrected chi connectivity index (χ1v) is 7.78. The van der Waals surface area contributed by atoms with Crippen molar-refractivity contribution in [1.82, 2.24) is 9.97 Å². The normalized spacial score (nSPS) is 17.0. The van der Waals surface area contributed by atoms with Crippen LogP contribution in [0.1, 0.15) is 27.1 Å². The Morgan fingerprint density at radius 2 is 2.09 bits per heavy atom. The lowest BCUT2D eigenvalue weighted by molar-refractivity contribution is -0.119. The molecule has 0 bridgehead atoms. The van der Waals surface area contributed by atoms with Gasteiger partial charge in [-0.15, -0.1) is 11.3 Å². The molecule has 0 spiro atoms. The zero-order valence-corrected chi connectivity index (χ0v) is 12.6. The molecule has 0 saturated carbocycles. The molecule has 0 radical (unpaired) electrons. The lowest BCUT2D eigenvalue weighted by Gasteiger charge is -2.06. The van der Waals surface area contributed by atoms with Crippen LogP contribution in [0.5, 0.6) is 0 Å². The van der Waals surface area contributed by atoms with E-state index in [4.69, 9.17) is 0 Å². The molecule has 0 aliphatic carbocycles. The molecule has 3 heterocycles. The van der Waals surface area contributed by atoms with Crippen LogP contribution in [-0.2, 0) is 4.79 Å². The molecule has 23 heavy (non-hydrogen) atoms. The van der Waals surface area contributed by atoms with Gasteiger partial charge in [0.2, 0.25) is 5.78 Å². The highest BCUT2D eigenvalue weighted by Gasteiger charge is 2.25. The fourth-order valence-electron chi connectivity index (χ4n) is 2.46. The molecular formula is C16H10N4O2S. The van der Waals surface area contributed by atoms with E-state index >= 15 is 0 Å². The van der Waals surface area contributed by atoms with Gasteiger partial charge in [0.1, 0.15) is 0 Å². The van der Waals surface area contributed by atoms with Crippen molar-refractivity contribution < 1.29 is 9.59 Å². The van der Waals surface area contributed by atoms with Gasteiger partial charge in [-0.2, -0.15) is 0 Å². The number of nitrogens with one attached hydrogen (secondary N) is 1. The number of hydrogen-bond acceptors (Lipinski definition) is 5. The minimum atomic E-state index is -0.749. The monoisotopic (exact) mass is 322 g/mol. The summed E-state index contributed by atoms with van der Waals surface area (Å²) in [6, 6.07) is 6.83. The minimum Gasteiger partial charge on any atom is -0.360 e. The second-order valence-electron chi connectivity index (χ2n) is 4.97. The van der Waals surface area contributed by atoms with E-state index in [-0.39, 0.29) is 11.7 Å². The number of thiazole rings is 1. The number of para-hydroxylation sites is 1. The number of carbonyl (C=O) groups excluding carboxylic acids is 2. The van der Waals surface area contributed by atoms with Crippen LogP contribution in [-0.4, -0.2) is 34.1 Å². The van der Waals surface area contributed by atoms with E-state index in [1.54, 1.807) is 11.6 Å². The molecule has 1 atom stereocenters. The number of benzene rings is 1. The number of aromatic nitrogens is 2. The summed E-state index contributed by atoms with van der Waals surface area (Å²) in [6.07, 6.45) is 4.50. The Morgan fingerprint density at radius 1 is 1.22 bits per heavy atom. The number of aliphatic imine (C=N–C) groups is 2. The molecule has 7 heteroatoms. The third-order valence-electron chi connectivity index (χ3n) is 3.57. The summed E-state index contributed by atoms with van der Waals surface area (Å²) < 4.78 is 0. The smallest absolute Gasteiger partial charge is 0.276 e. The highest BCUT2D eigenvalue weighted by Crippen LogP contribution is 2.26. The number of aromatic amines is 1. The molecule has 1 N–H and O–H groups in total. The fourth-order valence-corrected chi connectivity index (χ4v) is 3.25. The number of nitrogens with zero attached hydrogens (tertiary/aromatic N) is 3. The largest absolute Gasteiger partial charge is 0.360 e. The number of hydrogen-bond donors (Lipinski definition) is 1. The third kappa shape index (κ3) is 2.31. The summed E-state index contributed by atoms with van der Waals surface area (Å²) in [5.41, 5.74) is 1.92. The highest BCUT2D eigenvalue weighted by molar-refractivity contribution is 7.12. The highest BCUT2D eigenvalue weighted by atomic mass is 32.1. The van der Waals surface area contributed by atoms with Crippen molar-refractivity contribution in [2.45, 2.75) is 6.04 Å². The first-order valence-electron chi connectivity index (χ1n) is 6.90. The average molecular weight is 322 g/mol. The maximum absolute atomic E-state index is 12.7. The summed E-state index contributed by atoms with van der Waals surface area (Å²) in [7, 11) is 0. The van der Waals surface area contributed by atoms with E-state index in [1.165, 1.54) is 23.8 Å². The Kier molecular flexibility index (Phi) is 3.20. The van der Waals surface area contributed by atoms with Gasteiger partial charge < -0.3 is 4.98 Å². The van der Waals surface area contributed by atoms with Crippen LogP contribution in [0, 0.1) is 0 Å². The van der Waals surface area contributed by atoms with Crippen molar-refractivity contribution in [2.24, 2.45) is 9.98 Å². The number of rotatable bonds is 3. The van der Waals surface area contributed by atoms with Crippen molar-refractivity contribution in [1.29, 1.82) is 0 Å². The van der Waals surface area contributed by atoms with E-state index in [9.17, 15) is 9.59 Å². The summed E-state index contributed by atoms with van der Waals surface area (Å²) in [6.45, 7) is 0. The Hall–Kier alpha value is -2.93. The second-order valence-corrected chi connectivity index (χ2v) is 5.83. The SMILES string of the molecule is O=C(c1nc(C2N=CC=NC2=O)cs1)c1c[nH]c2ccccc12. The number of ketones is 1. The number of amides is 1. The van der Waals surface area contributed by atoms with Crippen molar-refractivity contribution in [3.05, 3.63) is 52.1 Å². The molecule has 0 saturated heterocycles. The molecule has 1 amide bonds. The zero-order chi connectivity index (χ0) is 15.8. The Balaban J connectivity index is 1.69. The number of carbonyl (C=O) groups is 2. The minimum absolute atomic E-state index is 0.172. The van der Waals surface area contributed by atoms with E-state index in [1.807, 2.05) is 24.3 Å². The summed E-state index contributed by atoms with van der Waals surface area (Å²) in [5.74, 6) is -0.543. The third-order valence-corrected chi connectivity index (χ3v) is 4.43. The van der Waals surface area contributed by atoms with Crippen LogP contribution >= 0.6 is 11.3 Å². The van der Waals surface area contributed by atoms with Crippen LogP contribution in [0.4, 0.5) is 0 Å². The molecule has 2 aromatic heterocycles. The van der Waals surface area contributed by atoms with Gasteiger partial charge in [0.15, 0.2) is 11.0 Å². The predicted octanol–water partition coefficient (Wildman–Crippen LogP) is 2.58. The van der Waals surface area contributed by atoms with Gasteiger partial charge in [0.05, 0.1) is 11.3 Å². The van der Waals surface area contributed by atoms with Crippen molar-refractivity contribution in [3.8, 4) is 0 Å². The Morgan fingerprint density at radius 3 is 2.96 bits per heavy atom. The van der Waals surface area contributed by atoms with E-state index in [2.05, 4.69) is 20.0 Å². The predicted molar refractivity (Wildman–Crippen MR) is 88.6 cm³/mol. The number of fused-ring (bicyclic) bond motifs is 1. The molecule has 1 unspecified atom stereocenters. The van der Waals surface area contributed by atoms with E-state index in [0.717, 1.165) is 10.9 Å². The van der Waals surface area contributed by atoms with Gasteiger partial charge in [-0.05, 0) is 6.07 Å². The molecule has 1 aromatic carbocycles. The molecule has 112 valence electrons. The van der Waals surface area contributed by atoms with Crippen LogP contribution in [0.2, 0.25) is 0 Å². The standard InChI is InChI=1S/C16H10N4O2S/c21-14(10-7-19-11-4-2-1-3-9(10)11)16-20-12(8-23-16)13-15(22)18-6-5-17-13/h1-8,13,19H. The van der Waals surface area contributed by atoms with Gasteiger partial charge in [0, 0.05) is 34.9 Å². The van der Waals surface area contributed by atoms with Crippen LogP contribution in [0.3, 0.4) is 0 Å². The average Bonchev–Trinajstić information content (AvgIpc) is 3.22. The summed E-state index contributed by atoms with van der Waals surface area (Å²) >= 11 is 1.21. The molecule has 1 aliphatic heterocycles. The maximum Gasteiger partial charge on any atom is 0.276 e. The Bertz CT molecular complexity index is 983. The molecule has 4 rings (SSSR count). The van der Waals surface area contributed by atoms with Crippen molar-refractivity contribution in [2.75, 3.05) is 0 Å². The van der Waals surface area contributed by atoms with E-state index in [0.29, 0.717) is 16.3 Å². The second kappa shape index (κ2) is 5.36. The lowest BCUT2D eigenvalue weighted by Crippen LogP contribution is -2.13. The van der Waals surface area contributed by atoms with Gasteiger partial charge in [0.25, 0.3) is 5.91 Å². The molecule has 6 nitrogen and oxygen atoms in total. The maximum atomic E-state index is 12.7. The molecule has 3 aromatic rings. The van der Waals surface area contributed by atoms with Crippen molar-refractivity contribution in [3.63, 3.8) is 0 Å². The zero-order valence-electron chi connectivity index (χ0n) is 11.8. The topological polar surface area (TPSA) is 87.5 Å². The van der Waals surface area contributed by atoms with Gasteiger partial charge in [-0.1, -0.05) is 18.2 Å². The fraction of sp³-hybridized carbons (Fsp3) is 0.0625. The quantitative estimate of drug-likeness (QED) is 0.752. The Labute approximate surface area is 134 Å². The lowest BCUT2D eigenvalue weighted by atomic mass is 10.1. The van der Waals surface area contributed by atoms with Gasteiger partial charge in [-0.25, -0.2) is 9.98 Å². The van der Waals surface area contributed by atoms with E-state index < -0.39 is 6.04 Å². The molecular weight excluding hydrogens is 312 g/mol. The summed E-state index contributed by atoms with van der Waals surface area (Å²) in [5, 5.41) is 2.87. The van der Waals surface area contributed by atoms with Crippen LogP contribution in [0.25, 0.3) is 10.9 Å². The molecule has 0 fully saturated rings. The molecule has 1 aliphatic rings. The van der Waals surface area contributed by atoms with Crippen LogP contribution < -0.4 is 0 Å². The van der Waals surface area contributed by atoms with Gasteiger partial charge >= 0.3 is 0 Å². The van der Waals surface area contributed by atoms with Gasteiger partial charge in [-0.3, -0.25) is 14.6 Å². The summed E-state index contributed by atoms with van der Waals surface area (Å²) in [4.78, 5) is 39.5. The number of H-pyrrole nitrogens is 1.